The zero-order valence-electron chi connectivity index (χ0n) is 15.7. The van der Waals surface area contributed by atoms with Crippen molar-refractivity contribution in [2.24, 2.45) is 0 Å². The fraction of sp³-hybridized carbons (Fsp3) is 0.429. The molecule has 0 saturated carbocycles. The Balaban J connectivity index is 1.74. The van der Waals surface area contributed by atoms with Crippen LogP contribution in [0.1, 0.15) is 53.5 Å². The van der Waals surface area contributed by atoms with E-state index in [4.69, 9.17) is 5.10 Å². The van der Waals surface area contributed by atoms with E-state index >= 15 is 0 Å². The highest BCUT2D eigenvalue weighted by atomic mass is 32.1. The SMILES string of the molecule is CCC1CCCCN1C(=O)c1cc2c(C)nn(-c3cccc(C)c3)c2s1. The number of likely N-dealkylation sites (tertiary alicyclic amines) is 1. The van der Waals surface area contributed by atoms with Gasteiger partial charge in [-0.3, -0.25) is 4.79 Å². The Morgan fingerprint density at radius 2 is 2.12 bits per heavy atom. The summed E-state index contributed by atoms with van der Waals surface area (Å²) in [4.78, 5) is 17.1. The van der Waals surface area contributed by atoms with Crippen LogP contribution in [0, 0.1) is 13.8 Å². The number of rotatable bonds is 3. The smallest absolute Gasteiger partial charge is 0.264 e. The first-order valence-electron chi connectivity index (χ1n) is 9.45. The van der Waals surface area contributed by atoms with Gasteiger partial charge in [0.1, 0.15) is 4.83 Å². The standard InChI is InChI=1S/C21H25N3OS/c1-4-16-9-5-6-11-23(16)20(25)19-13-18-15(3)22-24(21(18)26-19)17-10-7-8-14(2)12-17/h7-8,10,12-13,16H,4-6,9,11H2,1-3H3. The van der Waals surface area contributed by atoms with Crippen LogP contribution in [-0.2, 0) is 0 Å². The molecule has 5 heteroatoms. The van der Waals surface area contributed by atoms with Crippen molar-refractivity contribution in [2.75, 3.05) is 6.54 Å². The van der Waals surface area contributed by atoms with Crippen LogP contribution in [0.4, 0.5) is 0 Å². The molecule has 0 bridgehead atoms. The first-order valence-corrected chi connectivity index (χ1v) is 10.3. The van der Waals surface area contributed by atoms with Crippen LogP contribution in [0.15, 0.2) is 30.3 Å². The molecule has 3 heterocycles. The summed E-state index contributed by atoms with van der Waals surface area (Å²) < 4.78 is 1.98. The van der Waals surface area contributed by atoms with Crippen molar-refractivity contribution in [3.63, 3.8) is 0 Å². The van der Waals surface area contributed by atoms with Gasteiger partial charge in [0.05, 0.1) is 16.3 Å². The van der Waals surface area contributed by atoms with Crippen LogP contribution in [0.5, 0.6) is 0 Å². The molecule has 0 spiro atoms. The van der Waals surface area contributed by atoms with Crippen LogP contribution >= 0.6 is 11.3 Å². The van der Waals surface area contributed by atoms with Crippen LogP contribution in [0.2, 0.25) is 0 Å². The largest absolute Gasteiger partial charge is 0.335 e. The molecule has 136 valence electrons. The van der Waals surface area contributed by atoms with Gasteiger partial charge < -0.3 is 4.90 Å². The minimum absolute atomic E-state index is 0.188. The molecule has 0 radical (unpaired) electrons. The van der Waals surface area contributed by atoms with E-state index in [0.717, 1.165) is 52.3 Å². The van der Waals surface area contributed by atoms with E-state index in [1.54, 1.807) is 11.3 Å². The van der Waals surface area contributed by atoms with Crippen molar-refractivity contribution >= 4 is 27.5 Å². The number of hydrogen-bond donors (Lipinski definition) is 0. The summed E-state index contributed by atoms with van der Waals surface area (Å²) in [6.07, 6.45) is 4.51. The number of nitrogens with zero attached hydrogens (tertiary/aromatic N) is 3. The fourth-order valence-electron chi connectivity index (χ4n) is 3.92. The van der Waals surface area contributed by atoms with Gasteiger partial charge in [0.15, 0.2) is 0 Å². The summed E-state index contributed by atoms with van der Waals surface area (Å²) in [5, 5.41) is 5.80. The second-order valence-corrected chi connectivity index (χ2v) is 8.25. The van der Waals surface area contributed by atoms with E-state index < -0.39 is 0 Å². The number of fused-ring (bicyclic) bond motifs is 1. The number of aromatic nitrogens is 2. The third-order valence-corrected chi connectivity index (χ3v) is 6.46. The highest BCUT2D eigenvalue weighted by Crippen LogP contribution is 2.32. The molecule has 3 aromatic rings. The Morgan fingerprint density at radius 3 is 2.88 bits per heavy atom. The second kappa shape index (κ2) is 6.88. The number of benzene rings is 1. The third kappa shape index (κ3) is 2.94. The van der Waals surface area contributed by atoms with Crippen LogP contribution < -0.4 is 0 Å². The highest BCUT2D eigenvalue weighted by molar-refractivity contribution is 7.20. The number of carbonyl (C=O) groups is 1. The lowest BCUT2D eigenvalue weighted by Gasteiger charge is -2.35. The Morgan fingerprint density at radius 1 is 1.27 bits per heavy atom. The van der Waals surface area contributed by atoms with Crippen molar-refractivity contribution in [2.45, 2.75) is 52.5 Å². The van der Waals surface area contributed by atoms with E-state index in [2.05, 4.69) is 36.9 Å². The van der Waals surface area contributed by atoms with E-state index in [-0.39, 0.29) is 5.91 Å². The van der Waals surface area contributed by atoms with Gasteiger partial charge in [0.2, 0.25) is 0 Å². The molecule has 1 fully saturated rings. The van der Waals surface area contributed by atoms with Crippen molar-refractivity contribution in [3.05, 3.63) is 46.5 Å². The topological polar surface area (TPSA) is 38.1 Å². The van der Waals surface area contributed by atoms with Crippen molar-refractivity contribution in [3.8, 4) is 5.69 Å². The quantitative estimate of drug-likeness (QED) is 0.645. The zero-order chi connectivity index (χ0) is 18.3. The van der Waals surface area contributed by atoms with E-state index in [9.17, 15) is 4.79 Å². The normalized spacial score (nSPS) is 17.8. The lowest BCUT2D eigenvalue weighted by molar-refractivity contribution is 0.0613. The number of thiophene rings is 1. The number of carbonyl (C=O) groups excluding carboxylic acids is 1. The van der Waals surface area contributed by atoms with Gasteiger partial charge in [0, 0.05) is 18.0 Å². The number of hydrogen-bond acceptors (Lipinski definition) is 3. The molecule has 1 aliphatic heterocycles. The van der Waals surface area contributed by atoms with E-state index in [1.807, 2.05) is 23.7 Å². The molecule has 0 aliphatic carbocycles. The summed E-state index contributed by atoms with van der Waals surface area (Å²) in [6, 6.07) is 10.8. The molecule has 1 atom stereocenters. The second-order valence-electron chi connectivity index (χ2n) is 7.22. The maximum Gasteiger partial charge on any atom is 0.264 e. The monoisotopic (exact) mass is 367 g/mol. The van der Waals surface area contributed by atoms with Crippen LogP contribution in [-0.4, -0.2) is 33.2 Å². The lowest BCUT2D eigenvalue weighted by atomic mass is 10.00. The van der Waals surface area contributed by atoms with Crippen LogP contribution in [0.3, 0.4) is 0 Å². The Bertz CT molecular complexity index is 955. The minimum atomic E-state index is 0.188. The molecule has 1 saturated heterocycles. The van der Waals surface area contributed by atoms with Gasteiger partial charge in [-0.05, 0) is 63.3 Å². The van der Waals surface area contributed by atoms with Gasteiger partial charge in [0.25, 0.3) is 5.91 Å². The first kappa shape index (κ1) is 17.3. The highest BCUT2D eigenvalue weighted by Gasteiger charge is 2.28. The number of aryl methyl sites for hydroxylation is 2. The Labute approximate surface area is 158 Å². The molecule has 0 N–H and O–H groups in total. The van der Waals surface area contributed by atoms with Crippen molar-refractivity contribution in [1.82, 2.24) is 14.7 Å². The number of piperidine rings is 1. The summed E-state index contributed by atoms with van der Waals surface area (Å²) >= 11 is 1.57. The predicted octanol–water partition coefficient (Wildman–Crippen LogP) is 5.11. The van der Waals surface area contributed by atoms with Gasteiger partial charge in [-0.25, -0.2) is 4.68 Å². The summed E-state index contributed by atoms with van der Waals surface area (Å²) in [5.74, 6) is 0.188. The Hall–Kier alpha value is -2.14. The minimum Gasteiger partial charge on any atom is -0.335 e. The zero-order valence-corrected chi connectivity index (χ0v) is 16.5. The fourth-order valence-corrected chi connectivity index (χ4v) is 5.06. The van der Waals surface area contributed by atoms with Crippen LogP contribution in [0.25, 0.3) is 15.9 Å². The van der Waals surface area contributed by atoms with E-state index in [0.29, 0.717) is 6.04 Å². The van der Waals surface area contributed by atoms with E-state index in [1.165, 1.54) is 12.0 Å². The average Bonchev–Trinajstić information content (AvgIpc) is 3.22. The molecular formula is C21H25N3OS. The summed E-state index contributed by atoms with van der Waals surface area (Å²) in [6.45, 7) is 7.17. The van der Waals surface area contributed by atoms with Crippen molar-refractivity contribution in [1.29, 1.82) is 0 Å². The number of amides is 1. The van der Waals surface area contributed by atoms with Gasteiger partial charge >= 0.3 is 0 Å². The molecule has 1 aliphatic rings. The van der Waals surface area contributed by atoms with Crippen molar-refractivity contribution < 1.29 is 4.79 Å². The molecule has 26 heavy (non-hydrogen) atoms. The molecular weight excluding hydrogens is 342 g/mol. The predicted molar refractivity (Wildman–Crippen MR) is 107 cm³/mol. The Kier molecular flexibility index (Phi) is 4.57. The molecule has 4 nitrogen and oxygen atoms in total. The lowest BCUT2D eigenvalue weighted by Crippen LogP contribution is -2.43. The van der Waals surface area contributed by atoms with Gasteiger partial charge in [-0.15, -0.1) is 11.3 Å². The molecule has 4 rings (SSSR count). The molecule has 1 unspecified atom stereocenters. The van der Waals surface area contributed by atoms with Gasteiger partial charge in [-0.1, -0.05) is 19.1 Å². The van der Waals surface area contributed by atoms with Gasteiger partial charge in [-0.2, -0.15) is 5.10 Å². The molecule has 1 amide bonds. The maximum absolute atomic E-state index is 13.2. The third-order valence-electron chi connectivity index (χ3n) is 5.36. The first-order chi connectivity index (χ1) is 12.6. The average molecular weight is 368 g/mol. The maximum atomic E-state index is 13.2. The molecule has 2 aromatic heterocycles. The summed E-state index contributed by atoms with van der Waals surface area (Å²) in [5.41, 5.74) is 3.23. The molecule has 1 aromatic carbocycles. The summed E-state index contributed by atoms with van der Waals surface area (Å²) in [7, 11) is 0.